The van der Waals surface area contributed by atoms with Gasteiger partial charge in [-0.05, 0) is 19.2 Å². The molecule has 1 aliphatic rings. The lowest BCUT2D eigenvalue weighted by Crippen LogP contribution is -2.49. The second-order valence-electron chi connectivity index (χ2n) is 4.21. The number of likely N-dealkylation sites (N-methyl/N-ethyl adjacent to an activating group) is 1. The summed E-state index contributed by atoms with van der Waals surface area (Å²) in [6, 6.07) is 3.20. The number of ether oxygens (including phenoxy) is 1. The van der Waals surface area contributed by atoms with Crippen molar-refractivity contribution in [2.75, 3.05) is 33.3 Å². The van der Waals surface area contributed by atoms with E-state index in [9.17, 15) is 9.59 Å². The molecule has 6 heteroatoms. The molecule has 1 unspecified atom stereocenters. The van der Waals surface area contributed by atoms with E-state index in [2.05, 4.69) is 10.3 Å². The molecular formula is C12H17N3O3. The van der Waals surface area contributed by atoms with Crippen LogP contribution in [0.4, 0.5) is 0 Å². The average Bonchev–Trinajstić information content (AvgIpc) is 2.39. The van der Waals surface area contributed by atoms with E-state index < -0.39 is 0 Å². The molecule has 1 fully saturated rings. The third-order valence-electron chi connectivity index (χ3n) is 2.91. The van der Waals surface area contributed by atoms with E-state index >= 15 is 0 Å². The Morgan fingerprint density at radius 3 is 3.22 bits per heavy atom. The molecule has 0 aliphatic carbocycles. The molecular weight excluding hydrogens is 234 g/mol. The summed E-state index contributed by atoms with van der Waals surface area (Å²) in [5.74, 6) is -0.235. The molecule has 2 rings (SSSR count). The van der Waals surface area contributed by atoms with E-state index in [1.165, 1.54) is 6.20 Å². The number of carbonyl (C=O) groups excluding carboxylic acids is 1. The molecule has 6 nitrogen and oxygen atoms in total. The van der Waals surface area contributed by atoms with E-state index in [4.69, 9.17) is 4.74 Å². The second kappa shape index (κ2) is 5.79. The van der Waals surface area contributed by atoms with Crippen LogP contribution in [0.25, 0.3) is 0 Å². The summed E-state index contributed by atoms with van der Waals surface area (Å²) in [4.78, 5) is 27.9. The lowest BCUT2D eigenvalue weighted by Gasteiger charge is -2.32. The lowest BCUT2D eigenvalue weighted by molar-refractivity contribution is -0.0196. The van der Waals surface area contributed by atoms with E-state index in [-0.39, 0.29) is 23.1 Å². The zero-order valence-electron chi connectivity index (χ0n) is 10.3. The van der Waals surface area contributed by atoms with Gasteiger partial charge < -0.3 is 19.9 Å². The minimum absolute atomic E-state index is 0.0181. The number of hydrogen-bond acceptors (Lipinski definition) is 4. The summed E-state index contributed by atoms with van der Waals surface area (Å²) in [5, 5.41) is 3.02. The number of pyridine rings is 1. The normalized spacial score (nSPS) is 19.8. The van der Waals surface area contributed by atoms with Gasteiger partial charge in [-0.15, -0.1) is 0 Å². The van der Waals surface area contributed by atoms with Crippen LogP contribution in [0.2, 0.25) is 0 Å². The molecule has 1 aromatic rings. The Bertz CT molecular complexity index is 470. The number of nitrogens with zero attached hydrogens (tertiary/aromatic N) is 1. The van der Waals surface area contributed by atoms with Crippen LogP contribution in [-0.4, -0.2) is 55.2 Å². The average molecular weight is 251 g/mol. The van der Waals surface area contributed by atoms with Gasteiger partial charge in [-0.25, -0.2) is 0 Å². The summed E-state index contributed by atoms with van der Waals surface area (Å²) >= 11 is 0. The number of H-pyrrole nitrogens is 1. The number of aromatic amines is 1. The van der Waals surface area contributed by atoms with Crippen molar-refractivity contribution in [1.29, 1.82) is 0 Å². The number of nitrogens with one attached hydrogen (secondary N) is 2. The maximum Gasteiger partial charge on any atom is 0.260 e. The Labute approximate surface area is 105 Å². The van der Waals surface area contributed by atoms with Gasteiger partial charge in [-0.3, -0.25) is 9.59 Å². The maximum atomic E-state index is 12.2. The maximum absolute atomic E-state index is 12.2. The molecule has 0 bridgehead atoms. The van der Waals surface area contributed by atoms with Crippen LogP contribution in [0.1, 0.15) is 10.4 Å². The van der Waals surface area contributed by atoms with Crippen LogP contribution in [0, 0.1) is 0 Å². The van der Waals surface area contributed by atoms with Crippen LogP contribution >= 0.6 is 0 Å². The molecule has 2 heterocycles. The Hall–Kier alpha value is -1.66. The summed E-state index contributed by atoms with van der Waals surface area (Å²) < 4.78 is 5.52. The van der Waals surface area contributed by atoms with Gasteiger partial charge in [0.2, 0.25) is 0 Å². The number of aromatic nitrogens is 1. The van der Waals surface area contributed by atoms with E-state index in [0.29, 0.717) is 26.2 Å². The van der Waals surface area contributed by atoms with Crippen LogP contribution < -0.4 is 10.9 Å². The third-order valence-corrected chi connectivity index (χ3v) is 2.91. The zero-order chi connectivity index (χ0) is 13.0. The highest BCUT2D eigenvalue weighted by molar-refractivity contribution is 5.93. The van der Waals surface area contributed by atoms with Crippen molar-refractivity contribution in [3.05, 3.63) is 34.2 Å². The van der Waals surface area contributed by atoms with E-state index in [1.807, 2.05) is 7.05 Å². The highest BCUT2D eigenvalue weighted by Crippen LogP contribution is 2.07. The molecule has 0 saturated carbocycles. The quantitative estimate of drug-likeness (QED) is 0.755. The van der Waals surface area contributed by atoms with Crippen molar-refractivity contribution >= 4 is 5.91 Å². The van der Waals surface area contributed by atoms with Gasteiger partial charge >= 0.3 is 0 Å². The zero-order valence-corrected chi connectivity index (χ0v) is 10.3. The SMILES string of the molecule is CNCC1CN(C(=O)c2ccc[nH]c2=O)CCO1. The minimum atomic E-state index is -0.348. The van der Waals surface area contributed by atoms with Crippen molar-refractivity contribution in [1.82, 2.24) is 15.2 Å². The molecule has 1 aliphatic heterocycles. The molecule has 2 N–H and O–H groups in total. The van der Waals surface area contributed by atoms with Crippen LogP contribution in [0.15, 0.2) is 23.1 Å². The molecule has 18 heavy (non-hydrogen) atoms. The predicted octanol–water partition coefficient (Wildman–Crippen LogP) is -0.565. The molecule has 0 aromatic carbocycles. The predicted molar refractivity (Wildman–Crippen MR) is 66.6 cm³/mol. The summed E-state index contributed by atoms with van der Waals surface area (Å²) in [7, 11) is 1.84. The topological polar surface area (TPSA) is 74.4 Å². The minimum Gasteiger partial charge on any atom is -0.373 e. The van der Waals surface area contributed by atoms with Crippen molar-refractivity contribution in [2.45, 2.75) is 6.10 Å². The fourth-order valence-corrected chi connectivity index (χ4v) is 2.02. The lowest BCUT2D eigenvalue weighted by atomic mass is 10.2. The van der Waals surface area contributed by atoms with Crippen LogP contribution in [0.5, 0.6) is 0 Å². The van der Waals surface area contributed by atoms with E-state index in [1.54, 1.807) is 17.0 Å². The number of hydrogen-bond donors (Lipinski definition) is 2. The first kappa shape index (κ1) is 12.8. The molecule has 1 atom stereocenters. The van der Waals surface area contributed by atoms with Crippen LogP contribution in [0.3, 0.4) is 0 Å². The first-order valence-corrected chi connectivity index (χ1v) is 5.95. The molecule has 98 valence electrons. The molecule has 1 amide bonds. The van der Waals surface area contributed by atoms with Crippen LogP contribution in [-0.2, 0) is 4.74 Å². The summed E-state index contributed by atoms with van der Waals surface area (Å²) in [6.45, 7) is 2.22. The monoisotopic (exact) mass is 251 g/mol. The molecule has 1 saturated heterocycles. The van der Waals surface area contributed by atoms with Gasteiger partial charge in [0.25, 0.3) is 11.5 Å². The summed E-state index contributed by atoms with van der Waals surface area (Å²) in [6.07, 6.45) is 1.50. The number of amides is 1. The Balaban J connectivity index is 2.09. The second-order valence-corrected chi connectivity index (χ2v) is 4.21. The van der Waals surface area contributed by atoms with Gasteiger partial charge in [-0.2, -0.15) is 0 Å². The van der Waals surface area contributed by atoms with Gasteiger partial charge in [0.1, 0.15) is 5.56 Å². The first-order chi connectivity index (χ1) is 8.72. The van der Waals surface area contributed by atoms with Gasteiger partial charge in [0.05, 0.1) is 12.7 Å². The highest BCUT2D eigenvalue weighted by atomic mass is 16.5. The third kappa shape index (κ3) is 2.77. The number of carbonyl (C=O) groups is 1. The Morgan fingerprint density at radius 1 is 1.67 bits per heavy atom. The van der Waals surface area contributed by atoms with Gasteiger partial charge in [-0.1, -0.05) is 0 Å². The fraction of sp³-hybridized carbons (Fsp3) is 0.500. The molecule has 0 radical (unpaired) electrons. The van der Waals surface area contributed by atoms with E-state index in [0.717, 1.165) is 0 Å². The molecule has 1 aromatic heterocycles. The van der Waals surface area contributed by atoms with Crippen molar-refractivity contribution in [3.8, 4) is 0 Å². The smallest absolute Gasteiger partial charge is 0.260 e. The highest BCUT2D eigenvalue weighted by Gasteiger charge is 2.25. The number of rotatable bonds is 3. The first-order valence-electron chi connectivity index (χ1n) is 5.95. The largest absolute Gasteiger partial charge is 0.373 e. The molecule has 0 spiro atoms. The Morgan fingerprint density at radius 2 is 2.50 bits per heavy atom. The van der Waals surface area contributed by atoms with Crippen molar-refractivity contribution in [2.24, 2.45) is 0 Å². The van der Waals surface area contributed by atoms with Crippen molar-refractivity contribution < 1.29 is 9.53 Å². The number of morpholine rings is 1. The fourth-order valence-electron chi connectivity index (χ4n) is 2.02. The summed E-state index contributed by atoms with van der Waals surface area (Å²) in [5.41, 5.74) is -0.165. The van der Waals surface area contributed by atoms with Crippen molar-refractivity contribution in [3.63, 3.8) is 0 Å². The standard InChI is InChI=1S/C12H17N3O3/c1-13-7-9-8-15(5-6-18-9)12(17)10-3-2-4-14-11(10)16/h2-4,9,13H,5-8H2,1H3,(H,14,16). The van der Waals surface area contributed by atoms with Gasteiger partial charge in [0.15, 0.2) is 0 Å². The Kier molecular flexibility index (Phi) is 4.11. The van der Waals surface area contributed by atoms with Gasteiger partial charge in [0, 0.05) is 25.8 Å².